The summed E-state index contributed by atoms with van der Waals surface area (Å²) >= 11 is 0. The zero-order valence-corrected chi connectivity index (χ0v) is 10.1. The third kappa shape index (κ3) is 3.91. The number of nitrogens with one attached hydrogen (secondary N) is 1. The zero-order chi connectivity index (χ0) is 11.5. The second kappa shape index (κ2) is 5.07. The van der Waals surface area contributed by atoms with Gasteiger partial charge in [-0.1, -0.05) is 0 Å². The summed E-state index contributed by atoms with van der Waals surface area (Å²) in [6.45, 7) is 5.08. The number of carbonyl (C=O) groups excluding carboxylic acids is 1. The number of carbonyl (C=O) groups is 1. The number of hydrogen-bond acceptors (Lipinski definition) is 4. The highest BCUT2D eigenvalue weighted by atomic mass is 32.2. The van der Waals surface area contributed by atoms with Crippen LogP contribution in [0.4, 0.5) is 0 Å². The highest BCUT2D eigenvalue weighted by molar-refractivity contribution is 7.91. The second-order valence-corrected chi connectivity index (χ2v) is 7.11. The molecule has 4 nitrogen and oxygen atoms in total. The molecular formula is C10H19NO3S. The molecule has 0 bridgehead atoms. The Morgan fingerprint density at radius 2 is 2.00 bits per heavy atom. The van der Waals surface area contributed by atoms with Gasteiger partial charge in [0.2, 0.25) is 0 Å². The lowest BCUT2D eigenvalue weighted by Crippen LogP contribution is -2.43. The Balaban J connectivity index is 2.27. The van der Waals surface area contributed by atoms with Gasteiger partial charge in [-0.15, -0.1) is 0 Å². The van der Waals surface area contributed by atoms with Gasteiger partial charge in [-0.2, -0.15) is 0 Å². The standard InChI is InChI=1S/C10H19NO3S/c1-8(2)15(13,14)4-3-10(12)5-9-6-11-7-9/h8-9,11H,3-7H2,1-2H3. The summed E-state index contributed by atoms with van der Waals surface area (Å²) in [5.74, 6) is 0.508. The minimum Gasteiger partial charge on any atom is -0.316 e. The molecule has 88 valence electrons. The van der Waals surface area contributed by atoms with Crippen molar-refractivity contribution in [1.82, 2.24) is 5.32 Å². The molecule has 0 radical (unpaired) electrons. The highest BCUT2D eigenvalue weighted by Gasteiger charge is 2.22. The fraction of sp³-hybridized carbons (Fsp3) is 0.900. The van der Waals surface area contributed by atoms with Gasteiger partial charge in [-0.25, -0.2) is 8.42 Å². The summed E-state index contributed by atoms with van der Waals surface area (Å²) in [5, 5.41) is 2.71. The maximum Gasteiger partial charge on any atom is 0.153 e. The van der Waals surface area contributed by atoms with Gasteiger partial charge in [0.25, 0.3) is 0 Å². The zero-order valence-electron chi connectivity index (χ0n) is 9.32. The topological polar surface area (TPSA) is 63.2 Å². The third-order valence-corrected chi connectivity index (χ3v) is 4.98. The summed E-state index contributed by atoms with van der Waals surface area (Å²) in [6.07, 6.45) is 0.706. The maximum absolute atomic E-state index is 11.4. The molecule has 0 aliphatic carbocycles. The SMILES string of the molecule is CC(C)S(=O)(=O)CCC(=O)CC1CNC1. The molecule has 5 heteroatoms. The highest BCUT2D eigenvalue weighted by Crippen LogP contribution is 2.11. The van der Waals surface area contributed by atoms with Gasteiger partial charge in [-0.3, -0.25) is 4.79 Å². The number of hydrogen-bond donors (Lipinski definition) is 1. The van der Waals surface area contributed by atoms with E-state index in [-0.39, 0.29) is 23.2 Å². The van der Waals surface area contributed by atoms with Crippen molar-refractivity contribution in [3.63, 3.8) is 0 Å². The lowest BCUT2D eigenvalue weighted by Gasteiger charge is -2.26. The Labute approximate surface area is 91.4 Å². The Kier molecular flexibility index (Phi) is 4.28. The average Bonchev–Trinajstić information content (AvgIpc) is 2.08. The Bertz CT molecular complexity index is 318. The third-order valence-electron chi connectivity index (χ3n) is 2.77. The van der Waals surface area contributed by atoms with Crippen LogP contribution in [0.15, 0.2) is 0 Å². The molecule has 0 saturated carbocycles. The molecule has 1 aliphatic rings. The van der Waals surface area contributed by atoms with Crippen LogP contribution in [0.1, 0.15) is 26.7 Å². The van der Waals surface area contributed by atoms with Gasteiger partial charge in [0, 0.05) is 12.8 Å². The van der Waals surface area contributed by atoms with Crippen molar-refractivity contribution >= 4 is 15.6 Å². The van der Waals surface area contributed by atoms with Crippen LogP contribution in [-0.2, 0) is 14.6 Å². The fourth-order valence-corrected chi connectivity index (χ4v) is 2.39. The van der Waals surface area contributed by atoms with Gasteiger partial charge in [-0.05, 0) is 32.9 Å². The van der Waals surface area contributed by atoms with Crippen molar-refractivity contribution in [2.45, 2.75) is 31.9 Å². The van der Waals surface area contributed by atoms with E-state index in [0.717, 1.165) is 13.1 Å². The molecule has 0 aromatic heterocycles. The van der Waals surface area contributed by atoms with Crippen LogP contribution in [0.25, 0.3) is 0 Å². The molecule has 1 aliphatic heterocycles. The molecule has 1 saturated heterocycles. The van der Waals surface area contributed by atoms with Crippen molar-refractivity contribution in [2.24, 2.45) is 5.92 Å². The summed E-state index contributed by atoms with van der Waals surface area (Å²) in [5.41, 5.74) is 0. The van der Waals surface area contributed by atoms with E-state index in [2.05, 4.69) is 5.32 Å². The number of rotatable bonds is 6. The van der Waals surface area contributed by atoms with E-state index in [4.69, 9.17) is 0 Å². The first-order valence-corrected chi connectivity index (χ1v) is 7.07. The van der Waals surface area contributed by atoms with Gasteiger partial charge in [0.05, 0.1) is 11.0 Å². The predicted molar refractivity (Wildman–Crippen MR) is 59.5 cm³/mol. The monoisotopic (exact) mass is 233 g/mol. The smallest absolute Gasteiger partial charge is 0.153 e. The summed E-state index contributed by atoms with van der Waals surface area (Å²) in [6, 6.07) is 0. The Morgan fingerprint density at radius 3 is 2.40 bits per heavy atom. The predicted octanol–water partition coefficient (Wildman–Crippen LogP) is 0.378. The van der Waals surface area contributed by atoms with Gasteiger partial charge in [0.15, 0.2) is 9.84 Å². The molecule has 0 aromatic rings. The molecule has 0 aromatic carbocycles. The first kappa shape index (κ1) is 12.6. The van der Waals surface area contributed by atoms with E-state index in [1.54, 1.807) is 13.8 Å². The van der Waals surface area contributed by atoms with E-state index < -0.39 is 9.84 Å². The number of sulfone groups is 1. The van der Waals surface area contributed by atoms with Gasteiger partial charge in [0.1, 0.15) is 5.78 Å². The lowest BCUT2D eigenvalue weighted by molar-refractivity contribution is -0.119. The van der Waals surface area contributed by atoms with Crippen LogP contribution in [0.2, 0.25) is 0 Å². The maximum atomic E-state index is 11.4. The normalized spacial score (nSPS) is 17.8. The van der Waals surface area contributed by atoms with Crippen molar-refractivity contribution in [2.75, 3.05) is 18.8 Å². The average molecular weight is 233 g/mol. The Morgan fingerprint density at radius 1 is 1.40 bits per heavy atom. The van der Waals surface area contributed by atoms with Crippen molar-refractivity contribution < 1.29 is 13.2 Å². The van der Waals surface area contributed by atoms with E-state index in [1.165, 1.54) is 0 Å². The second-order valence-electron chi connectivity index (χ2n) is 4.43. The molecule has 15 heavy (non-hydrogen) atoms. The fourth-order valence-electron chi connectivity index (χ4n) is 1.41. The van der Waals surface area contributed by atoms with Crippen molar-refractivity contribution in [3.8, 4) is 0 Å². The number of Topliss-reactive ketones (excluding diaryl/α,β-unsaturated/α-hetero) is 1. The number of ketones is 1. The molecule has 1 fully saturated rings. The molecule has 0 spiro atoms. The van der Waals surface area contributed by atoms with Gasteiger partial charge >= 0.3 is 0 Å². The quantitative estimate of drug-likeness (QED) is 0.720. The van der Waals surface area contributed by atoms with Crippen molar-refractivity contribution in [3.05, 3.63) is 0 Å². The van der Waals surface area contributed by atoms with E-state index in [1.807, 2.05) is 0 Å². The van der Waals surface area contributed by atoms with Crippen LogP contribution in [0, 0.1) is 5.92 Å². The molecule has 0 unspecified atom stereocenters. The van der Waals surface area contributed by atoms with E-state index in [9.17, 15) is 13.2 Å². The van der Waals surface area contributed by atoms with Crippen molar-refractivity contribution in [1.29, 1.82) is 0 Å². The molecular weight excluding hydrogens is 214 g/mol. The summed E-state index contributed by atoms with van der Waals surface area (Å²) < 4.78 is 22.9. The lowest BCUT2D eigenvalue weighted by atomic mass is 9.96. The largest absolute Gasteiger partial charge is 0.316 e. The minimum absolute atomic E-state index is 0.00362. The van der Waals surface area contributed by atoms with E-state index >= 15 is 0 Å². The first-order chi connectivity index (χ1) is 6.92. The van der Waals surface area contributed by atoms with Crippen LogP contribution in [0.3, 0.4) is 0 Å². The minimum atomic E-state index is -3.05. The molecule has 0 atom stereocenters. The van der Waals surface area contributed by atoms with Crippen LogP contribution >= 0.6 is 0 Å². The molecule has 0 amide bonds. The van der Waals surface area contributed by atoms with Crippen LogP contribution in [0.5, 0.6) is 0 Å². The summed E-state index contributed by atoms with van der Waals surface area (Å²) in [7, 11) is -3.05. The summed E-state index contributed by atoms with van der Waals surface area (Å²) in [4.78, 5) is 11.4. The van der Waals surface area contributed by atoms with E-state index in [0.29, 0.717) is 12.3 Å². The van der Waals surface area contributed by atoms with Crippen LogP contribution < -0.4 is 5.32 Å². The molecule has 1 N–H and O–H groups in total. The van der Waals surface area contributed by atoms with Crippen LogP contribution in [-0.4, -0.2) is 38.3 Å². The Hall–Kier alpha value is -0.420. The molecule has 1 heterocycles. The molecule has 1 rings (SSSR count). The van der Waals surface area contributed by atoms with Gasteiger partial charge < -0.3 is 5.32 Å². The first-order valence-electron chi connectivity index (χ1n) is 5.36.